The summed E-state index contributed by atoms with van der Waals surface area (Å²) in [6, 6.07) is 5.50. The normalized spacial score (nSPS) is 10.3. The van der Waals surface area contributed by atoms with E-state index in [9.17, 15) is 9.59 Å². The van der Waals surface area contributed by atoms with Gasteiger partial charge in [0.05, 0.1) is 24.7 Å². The van der Waals surface area contributed by atoms with Gasteiger partial charge in [0.1, 0.15) is 10.6 Å². The van der Waals surface area contributed by atoms with Crippen LogP contribution < -0.4 is 21.1 Å². The summed E-state index contributed by atoms with van der Waals surface area (Å²) >= 11 is 1.27. The number of hydrogen-bond acceptors (Lipinski definition) is 5. The summed E-state index contributed by atoms with van der Waals surface area (Å²) in [7, 11) is 3.06. The minimum absolute atomic E-state index is 0.0832. The van der Waals surface area contributed by atoms with Gasteiger partial charge in [0.2, 0.25) is 5.91 Å². The molecule has 106 valence electrons. The van der Waals surface area contributed by atoms with Gasteiger partial charge in [-0.1, -0.05) is 6.07 Å². The highest BCUT2D eigenvalue weighted by atomic mass is 32.1. The van der Waals surface area contributed by atoms with Crippen molar-refractivity contribution in [3.8, 4) is 5.75 Å². The Bertz CT molecular complexity index is 666. The average Bonchev–Trinajstić information content (AvgIpc) is 2.81. The molecule has 1 aromatic carbocycles. The number of ether oxygens (including phenoxy) is 1. The van der Waals surface area contributed by atoms with E-state index in [4.69, 9.17) is 10.5 Å². The molecule has 0 radical (unpaired) electrons. The van der Waals surface area contributed by atoms with Crippen LogP contribution in [0.2, 0.25) is 0 Å². The van der Waals surface area contributed by atoms with Gasteiger partial charge in [-0.3, -0.25) is 9.59 Å². The lowest BCUT2D eigenvalue weighted by Crippen LogP contribution is -2.35. The summed E-state index contributed by atoms with van der Waals surface area (Å²) in [5.41, 5.74) is 6.40. The molecule has 2 aromatic rings. The third-order valence-corrected chi connectivity index (χ3v) is 4.00. The van der Waals surface area contributed by atoms with E-state index in [1.54, 1.807) is 13.2 Å². The van der Waals surface area contributed by atoms with Crippen LogP contribution in [0.15, 0.2) is 18.2 Å². The summed E-state index contributed by atoms with van der Waals surface area (Å²) < 4.78 is 6.12. The maximum absolute atomic E-state index is 12.1. The molecule has 0 aliphatic heterocycles. The van der Waals surface area contributed by atoms with Crippen LogP contribution in [0.5, 0.6) is 5.75 Å². The molecule has 0 aliphatic rings. The molecule has 2 rings (SSSR count). The van der Waals surface area contributed by atoms with Crippen LogP contribution in [0.1, 0.15) is 9.67 Å². The minimum Gasteiger partial charge on any atom is -0.496 e. The monoisotopic (exact) mass is 293 g/mol. The van der Waals surface area contributed by atoms with Gasteiger partial charge in [-0.05, 0) is 12.1 Å². The van der Waals surface area contributed by atoms with Gasteiger partial charge in [0.15, 0.2) is 0 Å². The quantitative estimate of drug-likeness (QED) is 0.783. The van der Waals surface area contributed by atoms with Crippen molar-refractivity contribution in [2.45, 2.75) is 0 Å². The maximum atomic E-state index is 12.1. The van der Waals surface area contributed by atoms with E-state index in [1.165, 1.54) is 18.4 Å². The second-order valence-corrected chi connectivity index (χ2v) is 5.09. The first-order valence-corrected chi connectivity index (χ1v) is 6.74. The number of fused-ring (bicyclic) bond motifs is 1. The Balaban J connectivity index is 2.33. The Kier molecular flexibility index (Phi) is 4.09. The van der Waals surface area contributed by atoms with Gasteiger partial charge in [-0.15, -0.1) is 11.3 Å². The minimum atomic E-state index is -0.366. The number of amides is 2. The number of nitrogens with one attached hydrogen (secondary N) is 2. The smallest absolute Gasteiger partial charge is 0.263 e. The molecule has 6 nitrogen and oxygen atoms in total. The molecule has 0 unspecified atom stereocenters. The Hall–Kier alpha value is -2.28. The Morgan fingerprint density at radius 3 is 2.80 bits per heavy atom. The standard InChI is InChI=1S/C13H15N3O3S/c1-15-9(17)6-16-13(18)12-11(14)10-7(19-2)4-3-5-8(10)20-12/h3-5H,6,14H2,1-2H3,(H,15,17)(H,16,18). The molecule has 0 saturated carbocycles. The van der Waals surface area contributed by atoms with E-state index >= 15 is 0 Å². The van der Waals surface area contributed by atoms with Gasteiger partial charge in [-0.2, -0.15) is 0 Å². The van der Waals surface area contributed by atoms with Crippen molar-refractivity contribution in [2.24, 2.45) is 0 Å². The number of carbonyl (C=O) groups is 2. The number of methoxy groups -OCH3 is 1. The second-order valence-electron chi connectivity index (χ2n) is 4.03. The van der Waals surface area contributed by atoms with Crippen molar-refractivity contribution < 1.29 is 14.3 Å². The van der Waals surface area contributed by atoms with Gasteiger partial charge >= 0.3 is 0 Å². The van der Waals surface area contributed by atoms with Crippen molar-refractivity contribution in [3.05, 3.63) is 23.1 Å². The van der Waals surface area contributed by atoms with Crippen molar-refractivity contribution in [2.75, 3.05) is 26.4 Å². The van der Waals surface area contributed by atoms with Crippen LogP contribution in [0.4, 0.5) is 5.69 Å². The fourth-order valence-electron chi connectivity index (χ4n) is 1.81. The summed E-state index contributed by atoms with van der Waals surface area (Å²) in [6.45, 7) is -0.0832. The van der Waals surface area contributed by atoms with Crippen LogP contribution in [0.3, 0.4) is 0 Å². The Morgan fingerprint density at radius 2 is 2.15 bits per heavy atom. The molecule has 0 atom stereocenters. The molecule has 0 aliphatic carbocycles. The lowest BCUT2D eigenvalue weighted by molar-refractivity contribution is -0.119. The second kappa shape index (κ2) is 5.79. The Labute approximate surface area is 119 Å². The zero-order valence-electron chi connectivity index (χ0n) is 11.1. The molecule has 0 spiro atoms. The van der Waals surface area contributed by atoms with E-state index in [0.717, 1.165) is 10.1 Å². The first-order chi connectivity index (χ1) is 9.58. The number of thiophene rings is 1. The number of likely N-dealkylation sites (N-methyl/N-ethyl adjacent to an activating group) is 1. The van der Waals surface area contributed by atoms with Crippen LogP contribution in [-0.2, 0) is 4.79 Å². The molecule has 7 heteroatoms. The van der Waals surface area contributed by atoms with Crippen LogP contribution >= 0.6 is 11.3 Å². The SMILES string of the molecule is CNC(=O)CNC(=O)c1sc2cccc(OC)c2c1N. The third-order valence-electron chi connectivity index (χ3n) is 2.83. The number of anilines is 1. The molecule has 1 aromatic heterocycles. The van der Waals surface area contributed by atoms with Gasteiger partial charge in [0.25, 0.3) is 5.91 Å². The zero-order chi connectivity index (χ0) is 14.7. The lowest BCUT2D eigenvalue weighted by atomic mass is 10.2. The predicted octanol–water partition coefficient (Wildman–Crippen LogP) is 0.968. The number of carbonyl (C=O) groups excluding carboxylic acids is 2. The highest BCUT2D eigenvalue weighted by molar-refractivity contribution is 7.21. The third kappa shape index (κ3) is 2.53. The van der Waals surface area contributed by atoms with E-state index in [-0.39, 0.29) is 18.4 Å². The van der Waals surface area contributed by atoms with E-state index < -0.39 is 0 Å². The van der Waals surface area contributed by atoms with E-state index in [1.807, 2.05) is 12.1 Å². The molecule has 20 heavy (non-hydrogen) atoms. The topological polar surface area (TPSA) is 93.5 Å². The first kappa shape index (κ1) is 14.1. The summed E-state index contributed by atoms with van der Waals surface area (Å²) in [4.78, 5) is 23.6. The van der Waals surface area contributed by atoms with Crippen molar-refractivity contribution in [3.63, 3.8) is 0 Å². The largest absolute Gasteiger partial charge is 0.496 e. The van der Waals surface area contributed by atoms with Crippen molar-refractivity contribution >= 4 is 38.9 Å². The van der Waals surface area contributed by atoms with Crippen LogP contribution in [-0.4, -0.2) is 32.5 Å². The number of nitrogens with two attached hydrogens (primary N) is 1. The zero-order valence-corrected chi connectivity index (χ0v) is 12.0. The highest BCUT2D eigenvalue weighted by Gasteiger charge is 2.19. The fourth-order valence-corrected chi connectivity index (χ4v) is 2.86. The number of hydrogen-bond donors (Lipinski definition) is 3. The predicted molar refractivity (Wildman–Crippen MR) is 79.2 cm³/mol. The van der Waals surface area contributed by atoms with Crippen LogP contribution in [0.25, 0.3) is 10.1 Å². The van der Waals surface area contributed by atoms with Crippen molar-refractivity contribution in [1.29, 1.82) is 0 Å². The molecule has 1 heterocycles. The number of benzene rings is 1. The lowest BCUT2D eigenvalue weighted by Gasteiger charge is -2.04. The molecule has 0 saturated heterocycles. The van der Waals surface area contributed by atoms with Gasteiger partial charge in [0, 0.05) is 11.7 Å². The fraction of sp³-hybridized carbons (Fsp3) is 0.231. The molecule has 2 amide bonds. The summed E-state index contributed by atoms with van der Waals surface area (Å²) in [5.74, 6) is -0.00781. The highest BCUT2D eigenvalue weighted by Crippen LogP contribution is 2.39. The first-order valence-electron chi connectivity index (χ1n) is 5.92. The van der Waals surface area contributed by atoms with Gasteiger partial charge in [-0.25, -0.2) is 0 Å². The number of nitrogen functional groups attached to an aromatic ring is 1. The summed E-state index contributed by atoms with van der Waals surface area (Å²) in [5, 5.41) is 5.68. The average molecular weight is 293 g/mol. The van der Waals surface area contributed by atoms with Crippen molar-refractivity contribution in [1.82, 2.24) is 10.6 Å². The Morgan fingerprint density at radius 1 is 1.40 bits per heavy atom. The summed E-state index contributed by atoms with van der Waals surface area (Å²) in [6.07, 6.45) is 0. The molecular formula is C13H15N3O3S. The van der Waals surface area contributed by atoms with Crippen LogP contribution in [0, 0.1) is 0 Å². The van der Waals surface area contributed by atoms with E-state index in [2.05, 4.69) is 10.6 Å². The van der Waals surface area contributed by atoms with Gasteiger partial charge < -0.3 is 21.1 Å². The van der Waals surface area contributed by atoms with E-state index in [0.29, 0.717) is 16.3 Å². The molecule has 4 N–H and O–H groups in total. The maximum Gasteiger partial charge on any atom is 0.263 e. The molecule has 0 bridgehead atoms. The molecule has 0 fully saturated rings. The number of rotatable bonds is 4. The molecular weight excluding hydrogens is 278 g/mol.